The Morgan fingerprint density at radius 3 is 1.75 bits per heavy atom. The van der Waals surface area contributed by atoms with E-state index in [9.17, 15) is 66.1 Å². The highest BCUT2D eigenvalue weighted by molar-refractivity contribution is 5.80. The van der Waals surface area contributed by atoms with Gasteiger partial charge in [0.05, 0.1) is 31.0 Å². The Labute approximate surface area is 437 Å². The number of carbonyl (C=O) groups is 2. The zero-order chi connectivity index (χ0) is 55.0. The van der Waals surface area contributed by atoms with Crippen molar-refractivity contribution in [2.45, 2.75) is 249 Å². The Kier molecular flexibility index (Phi) is 15.5. The first kappa shape index (κ1) is 57.6. The van der Waals surface area contributed by atoms with Crippen LogP contribution < -0.4 is 0 Å². The van der Waals surface area contributed by atoms with Gasteiger partial charge in [0, 0.05) is 0 Å². The summed E-state index contributed by atoms with van der Waals surface area (Å²) in [5.41, 5.74) is -2.52. The minimum Gasteiger partial charge on any atom is -0.479 e. The molecule has 8 fully saturated rings. The number of fused-ring (bicyclic) bond motifs is 7. The number of carboxylic acid groups (broad SMARTS) is 1. The number of ether oxygens (including phenoxy) is 8. The lowest BCUT2D eigenvalue weighted by Gasteiger charge is -2.71. The number of esters is 1. The van der Waals surface area contributed by atoms with Crippen molar-refractivity contribution in [2.75, 3.05) is 6.61 Å². The van der Waals surface area contributed by atoms with Crippen LogP contribution in [-0.4, -0.2) is 209 Å². The molecule has 0 spiro atoms. The summed E-state index contributed by atoms with van der Waals surface area (Å²) in [6, 6.07) is 0. The molecule has 0 amide bonds. The molecule has 428 valence electrons. The van der Waals surface area contributed by atoms with E-state index in [2.05, 4.69) is 54.5 Å². The summed E-state index contributed by atoms with van der Waals surface area (Å²) in [6.07, 6.45) is -25.3. The van der Waals surface area contributed by atoms with Gasteiger partial charge in [0.2, 0.25) is 6.29 Å². The van der Waals surface area contributed by atoms with Crippen LogP contribution in [0.15, 0.2) is 11.6 Å². The maximum atomic E-state index is 15.6. The Bertz CT molecular complexity index is 2140. The Morgan fingerprint density at radius 2 is 1.16 bits per heavy atom. The number of hydrogen-bond acceptors (Lipinski definition) is 21. The molecule has 4 heterocycles. The van der Waals surface area contributed by atoms with Crippen molar-refractivity contribution < 1.29 is 109 Å². The second kappa shape index (κ2) is 20.2. The van der Waals surface area contributed by atoms with Gasteiger partial charge in [0.25, 0.3) is 0 Å². The molecule has 0 radical (unpaired) electrons. The third kappa shape index (κ3) is 9.17. The Balaban J connectivity index is 1.01. The summed E-state index contributed by atoms with van der Waals surface area (Å²) < 4.78 is 48.3. The van der Waals surface area contributed by atoms with Crippen LogP contribution in [0, 0.1) is 50.2 Å². The zero-order valence-corrected chi connectivity index (χ0v) is 44.5. The average Bonchev–Trinajstić information content (AvgIpc) is 3.36. The normalized spacial score (nSPS) is 54.5. The van der Waals surface area contributed by atoms with E-state index < -0.39 is 175 Å². The number of allylic oxidation sites excluding steroid dienone is 2. The maximum absolute atomic E-state index is 15.6. The summed E-state index contributed by atoms with van der Waals surface area (Å²) >= 11 is 0. The molecule has 5 aliphatic carbocycles. The second-order valence-corrected chi connectivity index (χ2v) is 25.9. The van der Waals surface area contributed by atoms with Crippen LogP contribution in [0.3, 0.4) is 0 Å². The lowest BCUT2D eigenvalue weighted by atomic mass is 9.33. The van der Waals surface area contributed by atoms with Gasteiger partial charge in [-0.05, 0) is 116 Å². The molecule has 22 heteroatoms. The van der Waals surface area contributed by atoms with Gasteiger partial charge in [0.15, 0.2) is 31.1 Å². The quantitative estimate of drug-likeness (QED) is 0.0803. The Hall–Kier alpha value is -2.04. The number of carbonyl (C=O) groups excluding carboxylic acids is 1. The topological polar surface area (TPSA) is 351 Å². The number of aliphatic hydroxyl groups excluding tert-OH is 11. The lowest BCUT2D eigenvalue weighted by Crippen LogP contribution is -2.68. The van der Waals surface area contributed by atoms with Crippen molar-refractivity contribution in [3.05, 3.63) is 11.6 Å². The molecule has 12 N–H and O–H groups in total. The fourth-order valence-electron chi connectivity index (χ4n) is 16.2. The largest absolute Gasteiger partial charge is 0.479 e. The molecule has 0 aromatic rings. The molecule has 75 heavy (non-hydrogen) atoms. The summed E-state index contributed by atoms with van der Waals surface area (Å²) in [6.45, 7) is 17.7. The van der Waals surface area contributed by atoms with Gasteiger partial charge in [0.1, 0.15) is 72.6 Å². The monoisotopic (exact) mass is 1070 g/mol. The van der Waals surface area contributed by atoms with Crippen molar-refractivity contribution in [3.8, 4) is 0 Å². The van der Waals surface area contributed by atoms with Crippen molar-refractivity contribution >= 4 is 11.9 Å². The van der Waals surface area contributed by atoms with E-state index in [4.69, 9.17) is 37.9 Å². The van der Waals surface area contributed by atoms with Crippen LogP contribution in [0.5, 0.6) is 0 Å². The molecule has 28 atom stereocenters. The molecule has 9 rings (SSSR count). The van der Waals surface area contributed by atoms with E-state index in [0.717, 1.165) is 18.4 Å². The van der Waals surface area contributed by atoms with Crippen LogP contribution in [-0.2, 0) is 47.5 Å². The van der Waals surface area contributed by atoms with Gasteiger partial charge in [-0.15, -0.1) is 0 Å². The summed E-state index contributed by atoms with van der Waals surface area (Å²) in [5.74, 6) is -2.63. The first-order valence-corrected chi connectivity index (χ1v) is 27.0. The lowest BCUT2D eigenvalue weighted by molar-refractivity contribution is -0.376. The van der Waals surface area contributed by atoms with E-state index >= 15 is 4.79 Å². The van der Waals surface area contributed by atoms with E-state index in [1.54, 1.807) is 0 Å². The van der Waals surface area contributed by atoms with Crippen molar-refractivity contribution in [1.82, 2.24) is 0 Å². The van der Waals surface area contributed by atoms with Crippen LogP contribution in [0.1, 0.15) is 120 Å². The van der Waals surface area contributed by atoms with Gasteiger partial charge in [-0.3, -0.25) is 4.79 Å². The van der Waals surface area contributed by atoms with Crippen molar-refractivity contribution in [2.24, 2.45) is 50.2 Å². The number of aliphatic carboxylic acids is 1. The predicted octanol–water partition coefficient (Wildman–Crippen LogP) is -0.278. The smallest absolute Gasteiger partial charge is 0.335 e. The summed E-state index contributed by atoms with van der Waals surface area (Å²) in [5, 5.41) is 130. The third-order valence-corrected chi connectivity index (χ3v) is 20.9. The summed E-state index contributed by atoms with van der Waals surface area (Å²) in [7, 11) is 0. The molecular formula is C53H84O22. The highest BCUT2D eigenvalue weighted by Gasteiger charge is 2.72. The zero-order valence-electron chi connectivity index (χ0n) is 44.5. The van der Waals surface area contributed by atoms with E-state index in [0.29, 0.717) is 32.1 Å². The predicted molar refractivity (Wildman–Crippen MR) is 256 cm³/mol. The van der Waals surface area contributed by atoms with Crippen LogP contribution in [0.4, 0.5) is 0 Å². The number of carboxylic acids is 1. The molecule has 4 aliphatic heterocycles. The van der Waals surface area contributed by atoms with Crippen molar-refractivity contribution in [1.29, 1.82) is 0 Å². The van der Waals surface area contributed by atoms with E-state index in [1.165, 1.54) is 13.8 Å². The number of hydrogen-bond donors (Lipinski definition) is 12. The molecule has 4 saturated heterocycles. The van der Waals surface area contributed by atoms with Crippen LogP contribution in [0.25, 0.3) is 0 Å². The standard InChI is InChI=1S/C53H84O22/c1-21-30(56)32(58)36(62)43(69-21)72-39-25(54)20-68-46(41(39)74-44-37(63)33(59)31(57)22(2)70-44)75-47(67)53-17-16-48(3,4)18-24(53)23-10-11-27-50(7)14-13-29(71-45-38(64)34(60)35(61)40(73-45)42(65)66)49(5,6)26(50)12-15-51(27,8)52(23,9)19-28(53)55/h10,21-22,24-41,43-46,54-64H,11-20H2,1-9H3,(H,65,66)/t21-,22-,24?,25+,26?,27?,28+,29-,30-,31-,32+,33+,34-,35-,36+,37+,38+,39-,40-,41+,43-,44-,45+,46-,50-,51+,52+,53+/m0/s1. The van der Waals surface area contributed by atoms with Crippen molar-refractivity contribution in [3.63, 3.8) is 0 Å². The molecular weight excluding hydrogens is 989 g/mol. The van der Waals surface area contributed by atoms with E-state index in [1.807, 2.05) is 0 Å². The molecule has 0 bridgehead atoms. The molecule has 0 aromatic heterocycles. The fourth-order valence-corrected chi connectivity index (χ4v) is 16.2. The van der Waals surface area contributed by atoms with Gasteiger partial charge >= 0.3 is 11.9 Å². The third-order valence-electron chi connectivity index (χ3n) is 20.9. The van der Waals surface area contributed by atoms with E-state index in [-0.39, 0.29) is 35.5 Å². The first-order valence-electron chi connectivity index (χ1n) is 27.0. The molecule has 22 nitrogen and oxygen atoms in total. The molecule has 3 unspecified atom stereocenters. The summed E-state index contributed by atoms with van der Waals surface area (Å²) in [4.78, 5) is 27.5. The SMILES string of the molecule is C[C@@H]1O[C@@H](O[C@@H]2[C@@H](O[C@@H]3O[C@@H](C)[C@H](O)[C@@H](O)[C@H]3O)[C@H](OC(=O)[C@]34CCC(C)(C)CC3C3=CCC5[C@@]6(C)CC[C@H](O[C@@H]7O[C@H](C(=O)O)[C@@H](O)[C@H](O)[C@H]7O)C(C)(C)C6CC[C@@]5(C)[C@]3(C)C[C@H]4O)OC[C@H]2O)[C@H](O)[C@H](O)[C@H]1O. The fraction of sp³-hybridized carbons (Fsp3) is 0.925. The van der Waals surface area contributed by atoms with Gasteiger partial charge in [-0.2, -0.15) is 0 Å². The Morgan fingerprint density at radius 1 is 0.600 bits per heavy atom. The number of rotatable bonds is 9. The van der Waals surface area contributed by atoms with Crippen LogP contribution in [0.2, 0.25) is 0 Å². The maximum Gasteiger partial charge on any atom is 0.335 e. The number of aliphatic hydroxyl groups is 11. The van der Waals surface area contributed by atoms with Gasteiger partial charge < -0.3 is 99.2 Å². The first-order chi connectivity index (χ1) is 34.9. The molecule has 0 aromatic carbocycles. The highest BCUT2D eigenvalue weighted by Crippen LogP contribution is 2.76. The highest BCUT2D eigenvalue weighted by atomic mass is 16.8. The van der Waals surface area contributed by atoms with Gasteiger partial charge in [-0.1, -0.05) is 60.1 Å². The minimum absolute atomic E-state index is 0.0738. The van der Waals surface area contributed by atoms with Crippen LogP contribution >= 0.6 is 0 Å². The molecule has 4 saturated carbocycles. The minimum atomic E-state index is -1.86. The molecule has 9 aliphatic rings. The average molecular weight is 1070 g/mol. The second-order valence-electron chi connectivity index (χ2n) is 25.9. The van der Waals surface area contributed by atoms with Gasteiger partial charge in [-0.25, -0.2) is 4.79 Å².